The highest BCUT2D eigenvalue weighted by atomic mass is 19.1. The second-order valence-electron chi connectivity index (χ2n) is 6.55. The average Bonchev–Trinajstić information content (AvgIpc) is 3.21. The third-order valence-electron chi connectivity index (χ3n) is 4.45. The minimum atomic E-state index is -0.193. The van der Waals surface area contributed by atoms with Gasteiger partial charge >= 0.3 is 0 Å². The first-order valence-electron chi connectivity index (χ1n) is 9.50. The van der Waals surface area contributed by atoms with Gasteiger partial charge < -0.3 is 15.5 Å². The number of halogens is 1. The van der Waals surface area contributed by atoms with Crippen LogP contribution in [0.3, 0.4) is 0 Å². The molecule has 0 aliphatic carbocycles. The number of benzene rings is 2. The van der Waals surface area contributed by atoms with E-state index >= 15 is 0 Å². The van der Waals surface area contributed by atoms with Gasteiger partial charge in [-0.25, -0.2) is 9.38 Å². The standard InChI is InChI=1S/C22H27FN4/c1-2-24-22(25-12-11-18-7-5-9-20(23)15-18)26-17-19-8-6-10-21(16-19)27-13-3-4-14-27/h3-10,15-16H,2,11-14,17H2,1H3,(H2,24,25,26). The maximum atomic E-state index is 13.3. The summed E-state index contributed by atoms with van der Waals surface area (Å²) in [5.41, 5.74) is 3.39. The topological polar surface area (TPSA) is 39.7 Å². The van der Waals surface area contributed by atoms with Crippen LogP contribution in [0.2, 0.25) is 0 Å². The smallest absolute Gasteiger partial charge is 0.191 e. The van der Waals surface area contributed by atoms with Gasteiger partial charge in [0.15, 0.2) is 5.96 Å². The zero-order chi connectivity index (χ0) is 18.9. The van der Waals surface area contributed by atoms with Crippen LogP contribution in [0.5, 0.6) is 0 Å². The maximum absolute atomic E-state index is 13.3. The van der Waals surface area contributed by atoms with Crippen molar-refractivity contribution in [3.8, 4) is 0 Å². The summed E-state index contributed by atoms with van der Waals surface area (Å²) >= 11 is 0. The van der Waals surface area contributed by atoms with Gasteiger partial charge in [0.25, 0.3) is 0 Å². The molecule has 0 aromatic heterocycles. The van der Waals surface area contributed by atoms with Gasteiger partial charge in [-0.2, -0.15) is 0 Å². The van der Waals surface area contributed by atoms with E-state index in [0.717, 1.165) is 37.6 Å². The molecule has 2 N–H and O–H groups in total. The van der Waals surface area contributed by atoms with Gasteiger partial charge in [-0.15, -0.1) is 0 Å². The number of hydrogen-bond donors (Lipinski definition) is 2. The number of guanidine groups is 1. The van der Waals surface area contributed by atoms with Crippen molar-refractivity contribution in [2.24, 2.45) is 4.99 Å². The normalized spacial score (nSPS) is 13.9. The molecule has 0 saturated heterocycles. The molecule has 0 amide bonds. The van der Waals surface area contributed by atoms with Crippen LogP contribution in [0.25, 0.3) is 0 Å². The molecule has 0 unspecified atom stereocenters. The van der Waals surface area contributed by atoms with Gasteiger partial charge in [0, 0.05) is 31.9 Å². The van der Waals surface area contributed by atoms with E-state index in [2.05, 4.69) is 56.9 Å². The van der Waals surface area contributed by atoms with E-state index in [-0.39, 0.29) is 5.82 Å². The Hall–Kier alpha value is -2.82. The number of hydrogen-bond acceptors (Lipinski definition) is 2. The van der Waals surface area contributed by atoms with E-state index in [1.807, 2.05) is 13.0 Å². The van der Waals surface area contributed by atoms with Crippen molar-refractivity contribution in [1.82, 2.24) is 10.6 Å². The molecule has 4 nitrogen and oxygen atoms in total. The summed E-state index contributed by atoms with van der Waals surface area (Å²) in [7, 11) is 0. The van der Waals surface area contributed by atoms with Crippen molar-refractivity contribution >= 4 is 11.6 Å². The van der Waals surface area contributed by atoms with Crippen LogP contribution < -0.4 is 15.5 Å². The second-order valence-corrected chi connectivity index (χ2v) is 6.55. The van der Waals surface area contributed by atoms with Crippen molar-refractivity contribution in [3.05, 3.63) is 77.6 Å². The van der Waals surface area contributed by atoms with Crippen molar-refractivity contribution in [3.63, 3.8) is 0 Å². The first-order chi connectivity index (χ1) is 13.2. The fourth-order valence-electron chi connectivity index (χ4n) is 3.07. The van der Waals surface area contributed by atoms with Gasteiger partial charge in [-0.05, 0) is 48.7 Å². The molecule has 0 saturated carbocycles. The van der Waals surface area contributed by atoms with Crippen molar-refractivity contribution in [2.75, 3.05) is 31.1 Å². The molecule has 3 rings (SSSR count). The van der Waals surface area contributed by atoms with Gasteiger partial charge in [0.2, 0.25) is 0 Å². The number of nitrogens with one attached hydrogen (secondary N) is 2. The zero-order valence-electron chi connectivity index (χ0n) is 15.8. The summed E-state index contributed by atoms with van der Waals surface area (Å²) in [6, 6.07) is 15.3. The van der Waals surface area contributed by atoms with Gasteiger partial charge in [0.1, 0.15) is 5.82 Å². The highest BCUT2D eigenvalue weighted by Gasteiger charge is 2.07. The quantitative estimate of drug-likeness (QED) is 0.448. The molecule has 0 atom stereocenters. The molecule has 2 aromatic carbocycles. The number of rotatable bonds is 7. The fourth-order valence-corrected chi connectivity index (χ4v) is 3.07. The lowest BCUT2D eigenvalue weighted by Gasteiger charge is -2.18. The van der Waals surface area contributed by atoms with E-state index in [9.17, 15) is 4.39 Å². The van der Waals surface area contributed by atoms with Crippen LogP contribution in [0.4, 0.5) is 10.1 Å². The molecule has 0 radical (unpaired) electrons. The number of aliphatic imine (C=N–C) groups is 1. The highest BCUT2D eigenvalue weighted by Crippen LogP contribution is 2.18. The van der Waals surface area contributed by atoms with Crippen molar-refractivity contribution < 1.29 is 4.39 Å². The Morgan fingerprint density at radius 2 is 1.81 bits per heavy atom. The van der Waals surface area contributed by atoms with E-state index in [0.29, 0.717) is 13.1 Å². The van der Waals surface area contributed by atoms with Crippen LogP contribution in [-0.4, -0.2) is 32.1 Å². The molecule has 1 aliphatic heterocycles. The lowest BCUT2D eigenvalue weighted by molar-refractivity contribution is 0.625. The number of anilines is 1. The third-order valence-corrected chi connectivity index (χ3v) is 4.45. The monoisotopic (exact) mass is 366 g/mol. The van der Waals surface area contributed by atoms with E-state index < -0.39 is 0 Å². The van der Waals surface area contributed by atoms with Crippen LogP contribution in [-0.2, 0) is 13.0 Å². The molecule has 0 bridgehead atoms. The summed E-state index contributed by atoms with van der Waals surface area (Å²) in [6.45, 7) is 6.10. The van der Waals surface area contributed by atoms with E-state index in [4.69, 9.17) is 0 Å². The molecular weight excluding hydrogens is 339 g/mol. The minimum Gasteiger partial charge on any atom is -0.364 e. The first kappa shape index (κ1) is 19.0. The molecular formula is C22H27FN4. The first-order valence-corrected chi connectivity index (χ1v) is 9.50. The van der Waals surface area contributed by atoms with Crippen molar-refractivity contribution in [2.45, 2.75) is 19.9 Å². The SMILES string of the molecule is CCNC(=NCc1cccc(N2CC=CC2)c1)NCCc1cccc(F)c1. The summed E-state index contributed by atoms with van der Waals surface area (Å²) in [6.07, 6.45) is 5.13. The van der Waals surface area contributed by atoms with Crippen LogP contribution in [0, 0.1) is 5.82 Å². The van der Waals surface area contributed by atoms with E-state index in [1.54, 1.807) is 12.1 Å². The van der Waals surface area contributed by atoms with Crippen molar-refractivity contribution in [1.29, 1.82) is 0 Å². The zero-order valence-corrected chi connectivity index (χ0v) is 15.8. The molecule has 1 heterocycles. The number of nitrogens with zero attached hydrogens (tertiary/aromatic N) is 2. The predicted octanol–water partition coefficient (Wildman–Crippen LogP) is 3.50. The minimum absolute atomic E-state index is 0.193. The summed E-state index contributed by atoms with van der Waals surface area (Å²) in [5, 5.41) is 6.59. The molecule has 0 fully saturated rings. The Bertz CT molecular complexity index is 792. The maximum Gasteiger partial charge on any atom is 0.191 e. The Morgan fingerprint density at radius 1 is 1.04 bits per heavy atom. The van der Waals surface area contributed by atoms with Gasteiger partial charge in [0.05, 0.1) is 6.54 Å². The highest BCUT2D eigenvalue weighted by molar-refractivity contribution is 5.79. The summed E-state index contributed by atoms with van der Waals surface area (Å²) in [5.74, 6) is 0.586. The van der Waals surface area contributed by atoms with Crippen LogP contribution in [0.1, 0.15) is 18.1 Å². The van der Waals surface area contributed by atoms with Gasteiger partial charge in [-0.3, -0.25) is 0 Å². The molecule has 2 aromatic rings. The molecule has 1 aliphatic rings. The Morgan fingerprint density at radius 3 is 2.59 bits per heavy atom. The Balaban J connectivity index is 1.56. The van der Waals surface area contributed by atoms with Crippen LogP contribution in [0.15, 0.2) is 65.7 Å². The molecule has 5 heteroatoms. The van der Waals surface area contributed by atoms with Gasteiger partial charge in [-0.1, -0.05) is 36.4 Å². The largest absolute Gasteiger partial charge is 0.364 e. The second kappa shape index (κ2) is 9.76. The predicted molar refractivity (Wildman–Crippen MR) is 111 cm³/mol. The Labute approximate surface area is 160 Å². The Kier molecular flexibility index (Phi) is 6.85. The fraction of sp³-hybridized carbons (Fsp3) is 0.318. The molecule has 0 spiro atoms. The molecule has 142 valence electrons. The lowest BCUT2D eigenvalue weighted by Crippen LogP contribution is -2.38. The summed E-state index contributed by atoms with van der Waals surface area (Å²) in [4.78, 5) is 7.02. The third kappa shape index (κ3) is 5.84. The molecule has 27 heavy (non-hydrogen) atoms. The average molecular weight is 366 g/mol. The van der Waals surface area contributed by atoms with E-state index in [1.165, 1.54) is 17.3 Å². The van der Waals surface area contributed by atoms with Crippen LogP contribution >= 0.6 is 0 Å². The lowest BCUT2D eigenvalue weighted by atomic mass is 10.1. The summed E-state index contributed by atoms with van der Waals surface area (Å²) < 4.78 is 13.3.